The number of likely N-dealkylation sites (tertiary alicyclic amines) is 1. The number of fused-ring (bicyclic) bond motifs is 1. The summed E-state index contributed by atoms with van der Waals surface area (Å²) in [6, 6.07) is 7.27. The molecule has 1 aromatic rings. The van der Waals surface area contributed by atoms with E-state index in [1.165, 1.54) is 0 Å². The third-order valence-corrected chi connectivity index (χ3v) is 3.92. The summed E-state index contributed by atoms with van der Waals surface area (Å²) in [7, 11) is 0. The minimum absolute atomic E-state index is 0.184. The number of β-amino-alcohol motifs (C(OH)–C–C–N with tert-alkyl or cyclic N) is 1. The van der Waals surface area contributed by atoms with Crippen LogP contribution in [0.2, 0.25) is 0 Å². The van der Waals surface area contributed by atoms with E-state index >= 15 is 0 Å². The Balaban J connectivity index is 1.74. The number of hydrogen-bond donors (Lipinski definition) is 2. The lowest BCUT2D eigenvalue weighted by molar-refractivity contribution is -0.142. The molecular formula is C14H17NO4. The van der Waals surface area contributed by atoms with Crippen LogP contribution >= 0.6 is 0 Å². The number of carboxylic acids is 1. The van der Waals surface area contributed by atoms with Crippen LogP contribution in [0.3, 0.4) is 0 Å². The number of para-hydroxylation sites is 1. The molecule has 0 bridgehead atoms. The molecule has 1 fully saturated rings. The molecule has 102 valence electrons. The highest BCUT2D eigenvalue weighted by Crippen LogP contribution is 2.35. The van der Waals surface area contributed by atoms with Crippen LogP contribution in [0.4, 0.5) is 0 Å². The molecule has 5 heteroatoms. The number of aliphatic hydroxyl groups is 1. The van der Waals surface area contributed by atoms with E-state index in [9.17, 15) is 15.0 Å². The average Bonchev–Trinajstić information content (AvgIpc) is 2.95. The first kappa shape index (κ1) is 12.4. The molecule has 2 N–H and O–H groups in total. The van der Waals surface area contributed by atoms with E-state index in [1.54, 1.807) is 0 Å². The van der Waals surface area contributed by atoms with Crippen LogP contribution in [0.5, 0.6) is 5.75 Å². The van der Waals surface area contributed by atoms with Gasteiger partial charge in [0.25, 0.3) is 0 Å². The van der Waals surface area contributed by atoms with Crippen molar-refractivity contribution in [1.82, 2.24) is 4.90 Å². The van der Waals surface area contributed by atoms with Crippen LogP contribution in [0.1, 0.15) is 17.9 Å². The van der Waals surface area contributed by atoms with Crippen molar-refractivity contribution < 1.29 is 19.7 Å². The predicted molar refractivity (Wildman–Crippen MR) is 68.3 cm³/mol. The van der Waals surface area contributed by atoms with Crippen molar-refractivity contribution in [2.24, 2.45) is 0 Å². The van der Waals surface area contributed by atoms with Gasteiger partial charge in [-0.15, -0.1) is 0 Å². The molecule has 0 saturated carbocycles. The summed E-state index contributed by atoms with van der Waals surface area (Å²) >= 11 is 0. The number of aliphatic hydroxyl groups excluding tert-OH is 1. The van der Waals surface area contributed by atoms with Gasteiger partial charge in [0.1, 0.15) is 11.8 Å². The Morgan fingerprint density at radius 3 is 3.00 bits per heavy atom. The molecule has 0 spiro atoms. The monoisotopic (exact) mass is 263 g/mol. The minimum Gasteiger partial charge on any atom is -0.493 e. The fourth-order valence-corrected chi connectivity index (χ4v) is 3.00. The first-order valence-corrected chi connectivity index (χ1v) is 6.52. The molecule has 1 saturated heterocycles. The van der Waals surface area contributed by atoms with E-state index in [1.807, 2.05) is 29.2 Å². The van der Waals surface area contributed by atoms with Crippen molar-refractivity contribution in [1.29, 1.82) is 0 Å². The van der Waals surface area contributed by atoms with Crippen molar-refractivity contribution in [2.75, 3.05) is 19.7 Å². The SMILES string of the molecule is O=C(O)C1CC(O)CN1CC1COc2ccccc21. The summed E-state index contributed by atoms with van der Waals surface area (Å²) in [6.07, 6.45) is -0.233. The molecule has 0 amide bonds. The van der Waals surface area contributed by atoms with Crippen molar-refractivity contribution in [2.45, 2.75) is 24.5 Å². The zero-order chi connectivity index (χ0) is 13.4. The van der Waals surface area contributed by atoms with Crippen LogP contribution in [0.25, 0.3) is 0 Å². The molecule has 3 atom stereocenters. The van der Waals surface area contributed by atoms with E-state index in [0.717, 1.165) is 11.3 Å². The first-order valence-electron chi connectivity index (χ1n) is 6.52. The fourth-order valence-electron chi connectivity index (χ4n) is 3.00. The standard InChI is InChI=1S/C14H17NO4/c16-10-5-12(14(17)18)15(7-10)6-9-8-19-13-4-2-1-3-11(9)13/h1-4,9-10,12,16H,5-8H2,(H,17,18). The summed E-state index contributed by atoms with van der Waals surface area (Å²) in [5.74, 6) is 0.214. The Kier molecular flexibility index (Phi) is 3.16. The molecule has 1 aromatic carbocycles. The molecular weight excluding hydrogens is 246 g/mol. The third-order valence-electron chi connectivity index (χ3n) is 3.92. The summed E-state index contributed by atoms with van der Waals surface area (Å²) in [6.45, 7) is 1.62. The van der Waals surface area contributed by atoms with E-state index in [2.05, 4.69) is 0 Å². The van der Waals surface area contributed by atoms with Gasteiger partial charge in [-0.2, -0.15) is 0 Å². The van der Waals surface area contributed by atoms with Gasteiger partial charge < -0.3 is 14.9 Å². The quantitative estimate of drug-likeness (QED) is 0.839. The first-order chi connectivity index (χ1) is 9.15. The molecule has 2 aliphatic rings. The van der Waals surface area contributed by atoms with Crippen LogP contribution in [-0.2, 0) is 4.79 Å². The highest BCUT2D eigenvalue weighted by Gasteiger charge is 2.38. The normalized spacial score (nSPS) is 30.1. The van der Waals surface area contributed by atoms with Gasteiger partial charge in [-0.25, -0.2) is 0 Å². The number of aliphatic carboxylic acids is 1. The lowest BCUT2D eigenvalue weighted by Crippen LogP contribution is -2.39. The Bertz CT molecular complexity index is 490. The van der Waals surface area contributed by atoms with Crippen molar-refractivity contribution in [3.63, 3.8) is 0 Å². The van der Waals surface area contributed by atoms with E-state index in [4.69, 9.17) is 4.74 Å². The Morgan fingerprint density at radius 2 is 2.21 bits per heavy atom. The maximum Gasteiger partial charge on any atom is 0.321 e. The van der Waals surface area contributed by atoms with Crippen LogP contribution in [0.15, 0.2) is 24.3 Å². The summed E-state index contributed by atoms with van der Waals surface area (Å²) in [5.41, 5.74) is 1.13. The van der Waals surface area contributed by atoms with Gasteiger partial charge in [0.05, 0.1) is 12.7 Å². The molecule has 2 heterocycles. The van der Waals surface area contributed by atoms with Gasteiger partial charge in [-0.05, 0) is 6.07 Å². The van der Waals surface area contributed by atoms with Gasteiger partial charge in [-0.1, -0.05) is 18.2 Å². The molecule has 0 aromatic heterocycles. The molecule has 0 aliphatic carbocycles. The minimum atomic E-state index is -0.858. The maximum atomic E-state index is 11.2. The lowest BCUT2D eigenvalue weighted by atomic mass is 10.0. The average molecular weight is 263 g/mol. The number of carboxylic acid groups (broad SMARTS) is 1. The molecule has 3 rings (SSSR count). The number of rotatable bonds is 3. The highest BCUT2D eigenvalue weighted by molar-refractivity contribution is 5.74. The van der Waals surface area contributed by atoms with Gasteiger partial charge >= 0.3 is 5.97 Å². The Hall–Kier alpha value is -1.59. The van der Waals surface area contributed by atoms with Crippen LogP contribution in [0, 0.1) is 0 Å². The number of nitrogens with zero attached hydrogens (tertiary/aromatic N) is 1. The van der Waals surface area contributed by atoms with E-state index in [0.29, 0.717) is 26.1 Å². The van der Waals surface area contributed by atoms with E-state index < -0.39 is 18.1 Å². The second kappa shape index (κ2) is 4.83. The number of carbonyl (C=O) groups is 1. The zero-order valence-corrected chi connectivity index (χ0v) is 10.5. The fraction of sp³-hybridized carbons (Fsp3) is 0.500. The van der Waals surface area contributed by atoms with Gasteiger partial charge in [0.15, 0.2) is 0 Å². The Labute approximate surface area is 111 Å². The summed E-state index contributed by atoms with van der Waals surface area (Å²) in [5, 5.41) is 18.8. The van der Waals surface area contributed by atoms with Crippen molar-refractivity contribution in [3.05, 3.63) is 29.8 Å². The summed E-state index contributed by atoms with van der Waals surface area (Å²) in [4.78, 5) is 13.0. The number of hydrogen-bond acceptors (Lipinski definition) is 4. The molecule has 5 nitrogen and oxygen atoms in total. The van der Waals surface area contributed by atoms with Gasteiger partial charge in [-0.3, -0.25) is 9.69 Å². The largest absolute Gasteiger partial charge is 0.493 e. The lowest BCUT2D eigenvalue weighted by Gasteiger charge is -2.23. The highest BCUT2D eigenvalue weighted by atomic mass is 16.5. The Morgan fingerprint density at radius 1 is 1.42 bits per heavy atom. The van der Waals surface area contributed by atoms with Gasteiger partial charge in [0, 0.05) is 31.0 Å². The zero-order valence-electron chi connectivity index (χ0n) is 10.5. The van der Waals surface area contributed by atoms with Crippen LogP contribution < -0.4 is 4.74 Å². The molecule has 0 radical (unpaired) electrons. The maximum absolute atomic E-state index is 11.2. The third kappa shape index (κ3) is 2.31. The van der Waals surface area contributed by atoms with Crippen molar-refractivity contribution >= 4 is 5.97 Å². The van der Waals surface area contributed by atoms with Gasteiger partial charge in [0.2, 0.25) is 0 Å². The number of ether oxygens (including phenoxy) is 1. The van der Waals surface area contributed by atoms with E-state index in [-0.39, 0.29) is 5.92 Å². The molecule has 2 aliphatic heterocycles. The molecule has 3 unspecified atom stereocenters. The number of benzene rings is 1. The summed E-state index contributed by atoms with van der Waals surface area (Å²) < 4.78 is 5.61. The predicted octanol–water partition coefficient (Wildman–Crippen LogP) is 0.682. The van der Waals surface area contributed by atoms with Crippen LogP contribution in [-0.4, -0.2) is 52.9 Å². The molecule has 19 heavy (non-hydrogen) atoms. The smallest absolute Gasteiger partial charge is 0.321 e. The second-order valence-corrected chi connectivity index (χ2v) is 5.24. The topological polar surface area (TPSA) is 70.0 Å². The van der Waals surface area contributed by atoms with Crippen molar-refractivity contribution in [3.8, 4) is 5.75 Å². The second-order valence-electron chi connectivity index (χ2n) is 5.24.